The van der Waals surface area contributed by atoms with Gasteiger partial charge in [0, 0.05) is 12.6 Å². The maximum absolute atomic E-state index is 12.4. The predicted molar refractivity (Wildman–Crippen MR) is 140 cm³/mol. The van der Waals surface area contributed by atoms with E-state index in [-0.39, 0.29) is 25.9 Å². The highest BCUT2D eigenvalue weighted by Gasteiger charge is 2.53. The Morgan fingerprint density at radius 2 is 1.42 bits per heavy atom. The van der Waals surface area contributed by atoms with Gasteiger partial charge in [-0.1, -0.05) is 0 Å². The third-order valence-corrected chi connectivity index (χ3v) is 7.15. The van der Waals surface area contributed by atoms with E-state index in [9.17, 15) is 40.5 Å². The number of nitrogens with two attached hydrogens (primary N) is 4. The van der Waals surface area contributed by atoms with Gasteiger partial charge in [-0.15, -0.1) is 0 Å². The molecule has 3 fully saturated rings. The van der Waals surface area contributed by atoms with Crippen LogP contribution in [-0.2, 0) is 34.1 Å². The fraction of sp³-hybridized carbons (Fsp3) is 0.952. The maximum atomic E-state index is 12.4. The molecule has 254 valence electrons. The highest BCUT2D eigenvalue weighted by Crippen LogP contribution is 2.32. The number of carbonyl (C=O) groups is 1. The van der Waals surface area contributed by atoms with Crippen molar-refractivity contribution in [3.8, 4) is 0 Å². The Morgan fingerprint density at radius 1 is 0.884 bits per heavy atom. The first-order chi connectivity index (χ1) is 19.9. The van der Waals surface area contributed by atoms with Gasteiger partial charge in [0.15, 0.2) is 12.6 Å². The van der Waals surface area contributed by atoms with Crippen LogP contribution < -0.4 is 28.3 Å². The summed E-state index contributed by atoms with van der Waals surface area (Å²) in [5.74, 6) is -0.807. The lowest BCUT2D eigenvalue weighted by Gasteiger charge is -2.48. The number of carbonyl (C=O) groups excluding carboxylic acids is 1. The predicted octanol–water partition coefficient (Wildman–Crippen LogP) is -8.44. The van der Waals surface area contributed by atoms with Crippen LogP contribution in [0.25, 0.3) is 0 Å². The van der Waals surface area contributed by atoms with Crippen molar-refractivity contribution in [3.05, 3.63) is 0 Å². The van der Waals surface area contributed by atoms with E-state index in [4.69, 9.17) is 59.4 Å². The number of nitrogens with one attached hydrogen (secondary N) is 1. The van der Waals surface area contributed by atoms with Crippen molar-refractivity contribution in [2.75, 3.05) is 19.7 Å². The van der Waals surface area contributed by atoms with Crippen LogP contribution in [0.15, 0.2) is 0 Å². The Labute approximate surface area is 246 Å². The van der Waals surface area contributed by atoms with Gasteiger partial charge < -0.3 is 82.9 Å². The highest BCUT2D eigenvalue weighted by molar-refractivity contribution is 7.79. The summed E-state index contributed by atoms with van der Waals surface area (Å²) in [6, 6.07) is -3.29. The minimum absolute atomic E-state index is 0.0255. The van der Waals surface area contributed by atoms with E-state index in [0.29, 0.717) is 0 Å². The molecule has 3 aliphatic rings. The SMILES string of the molecule is NCC[C@H](O)C(=O)N[C@@H]1C[C@H](N)[C@@H](O[C@H]2O[C@H](CN)[C@@H](O)[C@H](O)[C@H]2N)[C@H](O[C@@H]2O[C@H](CO)[C@H](O)[C@H]2O)[C@H]1O.O=S(=O)(O)O. The van der Waals surface area contributed by atoms with Crippen molar-refractivity contribution in [1.29, 1.82) is 0 Å². The number of aliphatic hydroxyl groups excluding tert-OH is 7. The summed E-state index contributed by atoms with van der Waals surface area (Å²) in [4.78, 5) is 12.4. The Hall–Kier alpha value is -1.26. The average molecular weight is 654 g/mol. The van der Waals surface area contributed by atoms with Gasteiger partial charge in [-0.25, -0.2) is 0 Å². The van der Waals surface area contributed by atoms with E-state index in [1.165, 1.54) is 0 Å². The Bertz CT molecular complexity index is 975. The lowest BCUT2D eigenvalue weighted by atomic mass is 9.83. The molecule has 0 radical (unpaired) electrons. The number of rotatable bonds is 10. The second-order valence-corrected chi connectivity index (χ2v) is 11.2. The summed E-state index contributed by atoms with van der Waals surface area (Å²) in [5.41, 5.74) is 23.3. The number of ether oxygens (including phenoxy) is 4. The van der Waals surface area contributed by atoms with Gasteiger partial charge in [-0.3, -0.25) is 13.9 Å². The zero-order valence-corrected chi connectivity index (χ0v) is 23.6. The van der Waals surface area contributed by atoms with Crippen molar-refractivity contribution in [1.82, 2.24) is 5.32 Å². The molecule has 2 aliphatic heterocycles. The Balaban J connectivity index is 0.00000119. The van der Waals surface area contributed by atoms with E-state index in [2.05, 4.69) is 5.32 Å². The van der Waals surface area contributed by atoms with Gasteiger partial charge in [-0.05, 0) is 19.4 Å². The molecular formula is C21H43N5O16S. The summed E-state index contributed by atoms with van der Waals surface area (Å²) >= 11 is 0. The van der Waals surface area contributed by atoms with Crippen molar-refractivity contribution < 1.29 is 77.0 Å². The topological polar surface area (TPSA) is 386 Å². The number of hydrogen-bond donors (Lipinski definition) is 14. The fourth-order valence-corrected chi connectivity index (χ4v) is 4.84. The van der Waals surface area contributed by atoms with Gasteiger partial charge in [0.25, 0.3) is 0 Å². The maximum Gasteiger partial charge on any atom is 0.394 e. The van der Waals surface area contributed by atoms with Crippen molar-refractivity contribution in [2.45, 2.75) is 105 Å². The minimum atomic E-state index is -4.67. The van der Waals surface area contributed by atoms with Gasteiger partial charge in [0.05, 0.1) is 18.7 Å². The van der Waals surface area contributed by atoms with Crippen LogP contribution in [0.3, 0.4) is 0 Å². The molecule has 0 aromatic carbocycles. The molecule has 22 heteroatoms. The van der Waals surface area contributed by atoms with E-state index in [0.717, 1.165) is 0 Å². The zero-order chi connectivity index (χ0) is 32.8. The molecule has 0 aromatic rings. The third kappa shape index (κ3) is 10.1. The summed E-state index contributed by atoms with van der Waals surface area (Å²) in [5, 5.41) is 74.0. The first kappa shape index (κ1) is 37.9. The molecule has 3 rings (SSSR count). The molecule has 2 saturated heterocycles. The van der Waals surface area contributed by atoms with Crippen molar-refractivity contribution >= 4 is 16.3 Å². The van der Waals surface area contributed by atoms with Crippen LogP contribution in [0.2, 0.25) is 0 Å². The number of hydrogen-bond acceptors (Lipinski definition) is 18. The number of aliphatic hydroxyl groups is 7. The molecule has 43 heavy (non-hydrogen) atoms. The fourth-order valence-electron chi connectivity index (χ4n) is 4.84. The van der Waals surface area contributed by atoms with Crippen LogP contribution in [0.4, 0.5) is 0 Å². The molecule has 15 atom stereocenters. The second kappa shape index (κ2) is 16.3. The van der Waals surface area contributed by atoms with Crippen LogP contribution in [0, 0.1) is 0 Å². The quantitative estimate of drug-likeness (QED) is 0.0973. The molecule has 18 N–H and O–H groups in total. The molecule has 1 saturated carbocycles. The first-order valence-electron chi connectivity index (χ1n) is 13.2. The normalized spacial score (nSPS) is 42.5. The van der Waals surface area contributed by atoms with Gasteiger partial charge in [-0.2, -0.15) is 8.42 Å². The average Bonchev–Trinajstić information content (AvgIpc) is 3.20. The van der Waals surface area contributed by atoms with Crippen LogP contribution >= 0.6 is 0 Å². The van der Waals surface area contributed by atoms with Crippen LogP contribution in [0.1, 0.15) is 12.8 Å². The van der Waals surface area contributed by atoms with Gasteiger partial charge >= 0.3 is 10.4 Å². The van der Waals surface area contributed by atoms with Crippen molar-refractivity contribution in [2.24, 2.45) is 22.9 Å². The standard InChI is InChI=1S/C21H41N5O12.H2O4S/c22-2-1-8(28)19(34)26-7-3-6(24)17(37-20-11(25)15(32)13(30)9(4-23)35-20)18(12(7)29)38-21-16(33)14(31)10(5-27)36-21;1-5(2,3)4/h6-18,20-21,27-33H,1-5,22-25H2,(H,26,34);(H2,1,2,3,4)/t6-,7+,8-,9+,10+,11+,12-,13+,14-,15+,16+,17+,18+,20+,21-;/m0./s1. The molecule has 21 nitrogen and oxygen atoms in total. The first-order valence-corrected chi connectivity index (χ1v) is 14.6. The van der Waals surface area contributed by atoms with E-state index in [1.54, 1.807) is 0 Å². The van der Waals surface area contributed by atoms with E-state index in [1.807, 2.05) is 0 Å². The van der Waals surface area contributed by atoms with Crippen molar-refractivity contribution in [3.63, 3.8) is 0 Å². The lowest BCUT2D eigenvalue weighted by Crippen LogP contribution is -2.69. The highest BCUT2D eigenvalue weighted by atomic mass is 32.3. The monoisotopic (exact) mass is 653 g/mol. The molecule has 0 aromatic heterocycles. The van der Waals surface area contributed by atoms with E-state index >= 15 is 0 Å². The second-order valence-electron chi connectivity index (χ2n) is 10.3. The van der Waals surface area contributed by atoms with Gasteiger partial charge in [0.1, 0.15) is 61.0 Å². The van der Waals surface area contributed by atoms with Gasteiger partial charge in [0.2, 0.25) is 5.91 Å². The zero-order valence-electron chi connectivity index (χ0n) is 22.8. The smallest absolute Gasteiger partial charge is 0.394 e. The molecule has 1 aliphatic carbocycles. The summed E-state index contributed by atoms with van der Waals surface area (Å²) < 4.78 is 54.3. The molecule has 1 amide bonds. The summed E-state index contributed by atoms with van der Waals surface area (Å²) in [6.07, 6.45) is -16.9. The molecular weight excluding hydrogens is 610 g/mol. The van der Waals surface area contributed by atoms with Crippen LogP contribution in [0.5, 0.6) is 0 Å². The summed E-state index contributed by atoms with van der Waals surface area (Å²) in [6.45, 7) is -0.764. The molecule has 0 bridgehead atoms. The van der Waals surface area contributed by atoms with Crippen LogP contribution in [-0.4, -0.2) is 171 Å². The molecule has 0 unspecified atom stereocenters. The third-order valence-electron chi connectivity index (χ3n) is 7.15. The summed E-state index contributed by atoms with van der Waals surface area (Å²) in [7, 11) is -4.67. The molecule has 0 spiro atoms. The largest absolute Gasteiger partial charge is 0.394 e. The molecule has 2 heterocycles. The van der Waals surface area contributed by atoms with E-state index < -0.39 is 115 Å². The Morgan fingerprint density at radius 3 is 1.93 bits per heavy atom. The number of amides is 1. The minimum Gasteiger partial charge on any atom is -0.394 e. The Kier molecular flexibility index (Phi) is 14.4. The lowest BCUT2D eigenvalue weighted by molar-refractivity contribution is -0.307.